The highest BCUT2D eigenvalue weighted by Crippen LogP contribution is 2.44. The van der Waals surface area contributed by atoms with Crippen LogP contribution in [-0.2, 0) is 10.2 Å². The monoisotopic (exact) mass is 544 g/mol. The molecule has 0 aliphatic carbocycles. The lowest BCUT2D eigenvalue weighted by Crippen LogP contribution is -2.43. The summed E-state index contributed by atoms with van der Waals surface area (Å²) < 4.78 is 21.8. The summed E-state index contributed by atoms with van der Waals surface area (Å²) in [6, 6.07) is 17.8. The molecular weight excluding hydrogens is 511 g/mol. The third-order valence-corrected chi connectivity index (χ3v) is 7.16. The minimum absolute atomic E-state index is 0.0786. The largest absolute Gasteiger partial charge is 0.393 e. The van der Waals surface area contributed by atoms with Gasteiger partial charge in [0, 0.05) is 52.4 Å². The number of methoxy groups -OCH3 is 1. The van der Waals surface area contributed by atoms with Crippen LogP contribution in [0.25, 0.3) is 38.6 Å². The number of halogens is 1. The molecule has 2 heterocycles. The summed E-state index contributed by atoms with van der Waals surface area (Å²) in [7, 11) is 1.67. The van der Waals surface area contributed by atoms with Crippen LogP contribution in [0.2, 0.25) is 0 Å². The molecule has 3 aromatic carbocycles. The van der Waals surface area contributed by atoms with Crippen LogP contribution in [0.5, 0.6) is 0 Å². The van der Waals surface area contributed by atoms with Crippen LogP contribution in [0, 0.1) is 5.82 Å². The fourth-order valence-corrected chi connectivity index (χ4v) is 5.16. The summed E-state index contributed by atoms with van der Waals surface area (Å²) in [5, 5.41) is 31.2. The number of aromatic nitrogens is 3. The van der Waals surface area contributed by atoms with E-state index in [-0.39, 0.29) is 18.3 Å². The molecule has 0 aliphatic heterocycles. The Bertz CT molecular complexity index is 1670. The number of rotatable bonds is 9. The summed E-state index contributed by atoms with van der Waals surface area (Å²) in [6.45, 7) is 5.56. The third kappa shape index (κ3) is 5.11. The lowest BCUT2D eigenvalue weighted by Gasteiger charge is -2.28. The summed E-state index contributed by atoms with van der Waals surface area (Å²) in [5.74, 6) is -0.669. The van der Waals surface area contributed by atoms with Crippen molar-refractivity contribution < 1.29 is 24.1 Å². The van der Waals surface area contributed by atoms with Crippen LogP contribution in [0.4, 0.5) is 4.39 Å². The number of carbonyl (C=O) groups is 1. The standard InChI is InChI=1S/C31H33FN4O4/c1-30(2,18-40-4)28-27(19-5-7-20(8-6-19)29(38)33-16-31(3,39)17-37)24-14-25-21(15-34-35-25)13-26(24)36(28)23-11-9-22(32)10-12-23/h5-15,37,39H,16-18H2,1-4H3,(H,33,38)(H,34,35). The van der Waals surface area contributed by atoms with Gasteiger partial charge < -0.3 is 24.8 Å². The van der Waals surface area contributed by atoms with Crippen LogP contribution in [0.15, 0.2) is 66.9 Å². The molecule has 0 aliphatic rings. The van der Waals surface area contributed by atoms with Crippen LogP contribution in [0.3, 0.4) is 0 Å². The maximum absolute atomic E-state index is 14.0. The van der Waals surface area contributed by atoms with Crippen molar-refractivity contribution in [3.05, 3.63) is 83.9 Å². The number of nitrogens with zero attached hydrogens (tertiary/aromatic N) is 2. The first-order valence-corrected chi connectivity index (χ1v) is 13.0. The van der Waals surface area contributed by atoms with Gasteiger partial charge in [0.25, 0.3) is 5.91 Å². The van der Waals surface area contributed by atoms with Gasteiger partial charge in [-0.05, 0) is 61.0 Å². The molecular formula is C31H33FN4O4. The molecule has 0 spiro atoms. The summed E-state index contributed by atoms with van der Waals surface area (Å²) >= 11 is 0. The normalized spacial score (nSPS) is 13.6. The third-order valence-electron chi connectivity index (χ3n) is 7.16. The van der Waals surface area contributed by atoms with E-state index in [2.05, 4.69) is 46.1 Å². The molecule has 1 amide bonds. The van der Waals surface area contributed by atoms with E-state index >= 15 is 0 Å². The number of nitrogens with one attached hydrogen (secondary N) is 2. The first-order valence-electron chi connectivity index (χ1n) is 13.0. The van der Waals surface area contributed by atoms with Crippen LogP contribution >= 0.6 is 0 Å². The molecule has 5 rings (SSSR count). The van der Waals surface area contributed by atoms with Crippen molar-refractivity contribution in [3.8, 4) is 16.8 Å². The van der Waals surface area contributed by atoms with E-state index in [1.165, 1.54) is 19.1 Å². The number of H-pyrrole nitrogens is 1. The van der Waals surface area contributed by atoms with E-state index in [9.17, 15) is 19.4 Å². The lowest BCUT2D eigenvalue weighted by molar-refractivity contribution is 0.00320. The predicted octanol–water partition coefficient (Wildman–Crippen LogP) is 4.71. The van der Waals surface area contributed by atoms with Gasteiger partial charge in [0.05, 0.1) is 30.4 Å². The van der Waals surface area contributed by atoms with Crippen LogP contribution in [-0.4, -0.2) is 63.4 Å². The Morgan fingerprint density at radius 3 is 2.45 bits per heavy atom. The number of amides is 1. The molecule has 0 fully saturated rings. The van der Waals surface area contributed by atoms with Crippen molar-refractivity contribution in [2.24, 2.45) is 0 Å². The van der Waals surface area contributed by atoms with Gasteiger partial charge in [-0.2, -0.15) is 5.10 Å². The number of aliphatic hydroxyl groups excluding tert-OH is 1. The van der Waals surface area contributed by atoms with E-state index in [1.807, 2.05) is 12.1 Å². The van der Waals surface area contributed by atoms with Crippen molar-refractivity contribution in [1.29, 1.82) is 0 Å². The van der Waals surface area contributed by atoms with Gasteiger partial charge in [-0.15, -0.1) is 0 Å². The topological polar surface area (TPSA) is 112 Å². The van der Waals surface area contributed by atoms with Crippen molar-refractivity contribution >= 4 is 27.7 Å². The summed E-state index contributed by atoms with van der Waals surface area (Å²) in [5.41, 5.74) is 4.02. The molecule has 4 N–H and O–H groups in total. The molecule has 1 atom stereocenters. The Labute approximate surface area is 231 Å². The van der Waals surface area contributed by atoms with E-state index in [4.69, 9.17) is 4.74 Å². The molecule has 2 aromatic heterocycles. The first-order chi connectivity index (χ1) is 19.0. The van der Waals surface area contributed by atoms with Gasteiger partial charge in [0.15, 0.2) is 0 Å². The van der Waals surface area contributed by atoms with E-state index < -0.39 is 17.6 Å². The second-order valence-corrected chi connectivity index (χ2v) is 11.1. The van der Waals surface area contributed by atoms with Crippen LogP contribution in [0.1, 0.15) is 36.8 Å². The molecule has 5 aromatic rings. The number of ether oxygens (including phenoxy) is 1. The number of aromatic amines is 1. The zero-order valence-electron chi connectivity index (χ0n) is 23.0. The molecule has 0 bridgehead atoms. The van der Waals surface area contributed by atoms with Crippen LogP contribution < -0.4 is 5.32 Å². The minimum atomic E-state index is -1.41. The van der Waals surface area contributed by atoms with Crippen molar-refractivity contribution in [2.75, 3.05) is 26.9 Å². The number of hydrogen-bond donors (Lipinski definition) is 4. The van der Waals surface area contributed by atoms with Gasteiger partial charge in [0.2, 0.25) is 0 Å². The average molecular weight is 545 g/mol. The molecule has 8 nitrogen and oxygen atoms in total. The molecule has 9 heteroatoms. The lowest BCUT2D eigenvalue weighted by atomic mass is 9.84. The maximum atomic E-state index is 14.0. The molecule has 0 saturated carbocycles. The van der Waals surface area contributed by atoms with E-state index in [0.717, 1.165) is 44.3 Å². The van der Waals surface area contributed by atoms with E-state index in [1.54, 1.807) is 37.6 Å². The molecule has 0 radical (unpaired) electrons. The predicted molar refractivity (Wildman–Crippen MR) is 153 cm³/mol. The quantitative estimate of drug-likeness (QED) is 0.215. The number of aliphatic hydroxyl groups is 2. The van der Waals surface area contributed by atoms with E-state index in [0.29, 0.717) is 12.2 Å². The minimum Gasteiger partial charge on any atom is -0.393 e. The fraction of sp³-hybridized carbons (Fsp3) is 0.290. The Morgan fingerprint density at radius 2 is 1.80 bits per heavy atom. The smallest absolute Gasteiger partial charge is 0.251 e. The Hall–Kier alpha value is -4.05. The van der Waals surface area contributed by atoms with Gasteiger partial charge in [-0.1, -0.05) is 26.0 Å². The van der Waals surface area contributed by atoms with Crippen molar-refractivity contribution in [1.82, 2.24) is 20.1 Å². The first kappa shape index (κ1) is 27.5. The fourth-order valence-electron chi connectivity index (χ4n) is 5.16. The highest BCUT2D eigenvalue weighted by molar-refractivity contribution is 6.06. The molecule has 0 saturated heterocycles. The second-order valence-electron chi connectivity index (χ2n) is 11.1. The highest BCUT2D eigenvalue weighted by atomic mass is 19.1. The Kier molecular flexibility index (Phi) is 7.22. The van der Waals surface area contributed by atoms with Gasteiger partial charge >= 0.3 is 0 Å². The number of carbonyl (C=O) groups excluding carboxylic acids is 1. The molecule has 1 unspecified atom stereocenters. The zero-order valence-corrected chi connectivity index (χ0v) is 23.0. The van der Waals surface area contributed by atoms with Gasteiger partial charge in [0.1, 0.15) is 11.4 Å². The Morgan fingerprint density at radius 1 is 1.10 bits per heavy atom. The number of hydrogen-bond acceptors (Lipinski definition) is 5. The summed E-state index contributed by atoms with van der Waals surface area (Å²) in [6.07, 6.45) is 1.78. The molecule has 208 valence electrons. The van der Waals surface area contributed by atoms with Crippen molar-refractivity contribution in [2.45, 2.75) is 31.8 Å². The number of fused-ring (bicyclic) bond motifs is 2. The van der Waals surface area contributed by atoms with Gasteiger partial charge in [-0.25, -0.2) is 4.39 Å². The highest BCUT2D eigenvalue weighted by Gasteiger charge is 2.32. The molecule has 40 heavy (non-hydrogen) atoms. The summed E-state index contributed by atoms with van der Waals surface area (Å²) in [4.78, 5) is 12.7. The van der Waals surface area contributed by atoms with Gasteiger partial charge in [-0.3, -0.25) is 9.89 Å². The number of benzene rings is 3. The average Bonchev–Trinajstić information content (AvgIpc) is 3.53. The van der Waals surface area contributed by atoms with Crippen molar-refractivity contribution in [3.63, 3.8) is 0 Å². The maximum Gasteiger partial charge on any atom is 0.251 e. The SMILES string of the molecule is COCC(C)(C)c1c(-c2ccc(C(=O)NCC(C)(O)CO)cc2)c2cc3[nH]ncc3cc2n1-c1ccc(F)cc1. The second kappa shape index (κ2) is 10.5. The zero-order chi connectivity index (χ0) is 28.7. The Balaban J connectivity index is 1.72.